The fourth-order valence-corrected chi connectivity index (χ4v) is 3.91. The van der Waals surface area contributed by atoms with Gasteiger partial charge in [0.25, 0.3) is 5.91 Å². The Morgan fingerprint density at radius 3 is 2.56 bits per heavy atom. The molecule has 1 unspecified atom stereocenters. The van der Waals surface area contributed by atoms with Crippen molar-refractivity contribution < 1.29 is 22.7 Å². The second-order valence-electron chi connectivity index (χ2n) is 6.46. The highest BCUT2D eigenvalue weighted by atomic mass is 32.2. The van der Waals surface area contributed by atoms with E-state index in [9.17, 15) is 18.0 Å². The van der Waals surface area contributed by atoms with E-state index >= 15 is 0 Å². The molecule has 1 atom stereocenters. The number of carbonyl (C=O) groups excluding carboxylic acids is 2. The normalized spacial score (nSPS) is 19.0. The van der Waals surface area contributed by atoms with Crippen LogP contribution in [0.5, 0.6) is 0 Å². The maximum atomic E-state index is 13.0. The van der Waals surface area contributed by atoms with Gasteiger partial charge in [-0.1, -0.05) is 18.2 Å². The Morgan fingerprint density at radius 1 is 1.24 bits per heavy atom. The third kappa shape index (κ3) is 4.01. The summed E-state index contributed by atoms with van der Waals surface area (Å²) in [6, 6.07) is 6.47. The first-order valence-corrected chi connectivity index (χ1v) is 10.4. The van der Waals surface area contributed by atoms with Crippen LogP contribution in [0.4, 0.5) is 0 Å². The molecule has 1 saturated heterocycles. The van der Waals surface area contributed by atoms with Gasteiger partial charge in [0, 0.05) is 31.5 Å². The van der Waals surface area contributed by atoms with Gasteiger partial charge in [0.2, 0.25) is 5.91 Å². The molecule has 0 saturated carbocycles. The lowest BCUT2D eigenvalue weighted by Crippen LogP contribution is -2.52. The molecule has 0 N–H and O–H groups in total. The Bertz CT molecular complexity index is 771. The average molecular weight is 366 g/mol. The van der Waals surface area contributed by atoms with Crippen LogP contribution < -0.4 is 0 Å². The maximum absolute atomic E-state index is 13.0. The summed E-state index contributed by atoms with van der Waals surface area (Å²) in [5.74, 6) is -0.544. The molecular formula is C17H22N2O5S. The number of rotatable bonds is 5. The van der Waals surface area contributed by atoms with Crippen molar-refractivity contribution in [1.82, 2.24) is 9.80 Å². The molecule has 2 heterocycles. The van der Waals surface area contributed by atoms with Crippen LogP contribution in [0.3, 0.4) is 0 Å². The zero-order chi connectivity index (χ0) is 18.0. The highest BCUT2D eigenvalue weighted by Gasteiger charge is 2.38. The van der Waals surface area contributed by atoms with Gasteiger partial charge in [0.15, 0.2) is 0 Å². The highest BCUT2D eigenvalue weighted by molar-refractivity contribution is 7.90. The maximum Gasteiger partial charge on any atom is 0.255 e. The summed E-state index contributed by atoms with van der Waals surface area (Å²) in [7, 11) is -3.23. The number of carbonyl (C=O) groups is 2. The molecule has 2 aliphatic rings. The van der Waals surface area contributed by atoms with E-state index in [-0.39, 0.29) is 24.0 Å². The third-order valence-corrected chi connectivity index (χ3v) is 5.57. The van der Waals surface area contributed by atoms with Crippen LogP contribution in [0.25, 0.3) is 0 Å². The van der Waals surface area contributed by atoms with Crippen LogP contribution in [0, 0.1) is 0 Å². The van der Waals surface area contributed by atoms with E-state index in [0.29, 0.717) is 38.4 Å². The third-order valence-electron chi connectivity index (χ3n) is 4.60. The number of sulfone groups is 1. The van der Waals surface area contributed by atoms with Gasteiger partial charge in [-0.2, -0.15) is 0 Å². The van der Waals surface area contributed by atoms with Crippen molar-refractivity contribution in [2.45, 2.75) is 19.0 Å². The predicted molar refractivity (Wildman–Crippen MR) is 91.8 cm³/mol. The van der Waals surface area contributed by atoms with E-state index in [1.807, 2.05) is 12.1 Å². The van der Waals surface area contributed by atoms with Gasteiger partial charge >= 0.3 is 0 Å². The van der Waals surface area contributed by atoms with Crippen LogP contribution in [0.15, 0.2) is 24.3 Å². The van der Waals surface area contributed by atoms with Crippen molar-refractivity contribution in [3.63, 3.8) is 0 Å². The minimum absolute atomic E-state index is 0.106. The van der Waals surface area contributed by atoms with E-state index in [1.165, 1.54) is 4.90 Å². The Hall–Kier alpha value is -1.93. The Balaban J connectivity index is 1.83. The number of amides is 2. The standard InChI is InChI=1S/C17H22N2O5S/c1-25(22,23)11-6-15(17(21)18-7-9-24-10-8-18)19-12-13-4-2-3-5-14(13)16(19)20/h2-5,15H,6-12H2,1H3. The summed E-state index contributed by atoms with van der Waals surface area (Å²) in [6.07, 6.45) is 1.25. The topological polar surface area (TPSA) is 84.0 Å². The van der Waals surface area contributed by atoms with Crippen molar-refractivity contribution in [3.05, 3.63) is 35.4 Å². The molecule has 1 aromatic rings. The summed E-state index contributed by atoms with van der Waals surface area (Å²) >= 11 is 0. The van der Waals surface area contributed by atoms with Gasteiger partial charge in [-0.25, -0.2) is 8.42 Å². The van der Waals surface area contributed by atoms with Crippen molar-refractivity contribution in [1.29, 1.82) is 0 Å². The molecule has 0 radical (unpaired) electrons. The smallest absolute Gasteiger partial charge is 0.255 e. The molecular weight excluding hydrogens is 344 g/mol. The SMILES string of the molecule is CS(=O)(=O)CCC(C(=O)N1CCOCC1)N1Cc2ccccc2C1=O. The molecule has 25 heavy (non-hydrogen) atoms. The second-order valence-corrected chi connectivity index (χ2v) is 8.72. The number of benzene rings is 1. The van der Waals surface area contributed by atoms with Gasteiger partial charge in [0.05, 0.1) is 19.0 Å². The van der Waals surface area contributed by atoms with Crippen LogP contribution in [0.1, 0.15) is 22.3 Å². The Kier molecular flexibility index (Phi) is 5.10. The largest absolute Gasteiger partial charge is 0.378 e. The monoisotopic (exact) mass is 366 g/mol. The minimum Gasteiger partial charge on any atom is -0.378 e. The zero-order valence-corrected chi connectivity index (χ0v) is 15.0. The van der Waals surface area contributed by atoms with Gasteiger partial charge in [-0.15, -0.1) is 0 Å². The first-order valence-electron chi connectivity index (χ1n) is 8.30. The van der Waals surface area contributed by atoms with Crippen LogP contribution >= 0.6 is 0 Å². The number of nitrogens with zero attached hydrogens (tertiary/aromatic N) is 2. The van der Waals surface area contributed by atoms with Gasteiger partial charge in [0.1, 0.15) is 15.9 Å². The van der Waals surface area contributed by atoms with Crippen molar-refractivity contribution >= 4 is 21.7 Å². The van der Waals surface area contributed by atoms with E-state index < -0.39 is 15.9 Å². The summed E-state index contributed by atoms with van der Waals surface area (Å²) < 4.78 is 28.5. The molecule has 0 spiro atoms. The average Bonchev–Trinajstić information content (AvgIpc) is 2.92. The fourth-order valence-electron chi connectivity index (χ4n) is 3.26. The lowest BCUT2D eigenvalue weighted by Gasteiger charge is -2.34. The minimum atomic E-state index is -3.23. The zero-order valence-electron chi connectivity index (χ0n) is 14.2. The van der Waals surface area contributed by atoms with E-state index in [1.54, 1.807) is 17.0 Å². The van der Waals surface area contributed by atoms with E-state index in [2.05, 4.69) is 0 Å². The molecule has 2 amide bonds. The number of fused-ring (bicyclic) bond motifs is 1. The molecule has 7 nitrogen and oxygen atoms in total. The quantitative estimate of drug-likeness (QED) is 0.749. The number of hydrogen-bond acceptors (Lipinski definition) is 5. The number of ether oxygens (including phenoxy) is 1. The molecule has 0 aliphatic carbocycles. The lowest BCUT2D eigenvalue weighted by atomic mass is 10.1. The lowest BCUT2D eigenvalue weighted by molar-refractivity contribution is -0.140. The molecule has 0 bridgehead atoms. The molecule has 1 fully saturated rings. The fraction of sp³-hybridized carbons (Fsp3) is 0.529. The van der Waals surface area contributed by atoms with Crippen LogP contribution in [0.2, 0.25) is 0 Å². The molecule has 136 valence electrons. The number of hydrogen-bond donors (Lipinski definition) is 0. The molecule has 1 aromatic carbocycles. The predicted octanol–water partition coefficient (Wildman–Crippen LogP) is 0.305. The summed E-state index contributed by atoms with van der Waals surface area (Å²) in [5.41, 5.74) is 1.45. The van der Waals surface area contributed by atoms with Crippen molar-refractivity contribution in [2.75, 3.05) is 38.3 Å². The van der Waals surface area contributed by atoms with Gasteiger partial charge in [-0.05, 0) is 18.1 Å². The van der Waals surface area contributed by atoms with Gasteiger partial charge in [-0.3, -0.25) is 9.59 Å². The highest BCUT2D eigenvalue weighted by Crippen LogP contribution is 2.26. The first-order chi connectivity index (χ1) is 11.9. The molecule has 8 heteroatoms. The molecule has 2 aliphatic heterocycles. The van der Waals surface area contributed by atoms with Crippen molar-refractivity contribution in [3.8, 4) is 0 Å². The van der Waals surface area contributed by atoms with E-state index in [4.69, 9.17) is 4.74 Å². The first kappa shape index (κ1) is 17.9. The van der Waals surface area contributed by atoms with Crippen LogP contribution in [-0.4, -0.2) is 74.4 Å². The van der Waals surface area contributed by atoms with Crippen molar-refractivity contribution in [2.24, 2.45) is 0 Å². The second kappa shape index (κ2) is 7.13. The molecule has 3 rings (SSSR count). The van der Waals surface area contributed by atoms with Crippen LogP contribution in [-0.2, 0) is 25.9 Å². The summed E-state index contributed by atoms with van der Waals surface area (Å²) in [6.45, 7) is 2.17. The summed E-state index contributed by atoms with van der Waals surface area (Å²) in [4.78, 5) is 28.9. The Morgan fingerprint density at radius 2 is 1.92 bits per heavy atom. The Labute approximate surface area is 147 Å². The summed E-state index contributed by atoms with van der Waals surface area (Å²) in [5, 5.41) is 0. The number of morpholine rings is 1. The van der Waals surface area contributed by atoms with E-state index in [0.717, 1.165) is 11.8 Å². The molecule has 0 aromatic heterocycles. The van der Waals surface area contributed by atoms with Gasteiger partial charge < -0.3 is 14.5 Å².